The number of aromatic nitrogens is 2. The van der Waals surface area contributed by atoms with Crippen LogP contribution >= 0.6 is 11.8 Å². The maximum Gasteiger partial charge on any atom is 0.261 e. The minimum atomic E-state index is -0.105. The molecule has 0 saturated carbocycles. The molecule has 1 heterocycles. The third-order valence-corrected chi connectivity index (χ3v) is 6.24. The summed E-state index contributed by atoms with van der Waals surface area (Å²) in [5.41, 5.74) is 1.74. The van der Waals surface area contributed by atoms with Gasteiger partial charge in [-0.1, -0.05) is 73.3 Å². The minimum absolute atomic E-state index is 0.0735. The highest BCUT2D eigenvalue weighted by Crippen LogP contribution is 2.22. The Bertz CT molecular complexity index is 1270. The average Bonchev–Trinajstić information content (AvgIpc) is 2.78. The van der Waals surface area contributed by atoms with Gasteiger partial charge in [0.25, 0.3) is 5.56 Å². The van der Waals surface area contributed by atoms with Gasteiger partial charge in [-0.3, -0.25) is 14.2 Å². The van der Waals surface area contributed by atoms with Gasteiger partial charge in [0.1, 0.15) is 0 Å². The zero-order valence-electron chi connectivity index (χ0n) is 17.0. The highest BCUT2D eigenvalue weighted by molar-refractivity contribution is 7.99. The maximum absolute atomic E-state index is 12.8. The van der Waals surface area contributed by atoms with Gasteiger partial charge in [-0.15, -0.1) is 0 Å². The summed E-state index contributed by atoms with van der Waals surface area (Å²) in [6.07, 6.45) is 0. The molecule has 1 atom stereocenters. The zero-order chi connectivity index (χ0) is 21.1. The summed E-state index contributed by atoms with van der Waals surface area (Å²) >= 11 is 1.28. The third kappa shape index (κ3) is 4.24. The van der Waals surface area contributed by atoms with Gasteiger partial charge in [-0.2, -0.15) is 0 Å². The Morgan fingerprint density at radius 3 is 2.47 bits per heavy atom. The van der Waals surface area contributed by atoms with Gasteiger partial charge in [-0.25, -0.2) is 4.98 Å². The van der Waals surface area contributed by atoms with Crippen LogP contribution in [0.4, 0.5) is 0 Å². The summed E-state index contributed by atoms with van der Waals surface area (Å²) in [6.45, 7) is 2.65. The summed E-state index contributed by atoms with van der Waals surface area (Å²) in [6, 6.07) is 21.8. The van der Waals surface area contributed by atoms with Gasteiger partial charge in [0.05, 0.1) is 16.7 Å². The van der Waals surface area contributed by atoms with Crippen molar-refractivity contribution in [3.05, 3.63) is 82.6 Å². The van der Waals surface area contributed by atoms with Gasteiger partial charge < -0.3 is 5.32 Å². The zero-order valence-corrected chi connectivity index (χ0v) is 17.8. The fraction of sp³-hybridized carbons (Fsp3) is 0.208. The molecule has 6 heteroatoms. The molecule has 0 aliphatic rings. The monoisotopic (exact) mass is 417 g/mol. The van der Waals surface area contributed by atoms with Crippen LogP contribution in [-0.4, -0.2) is 27.8 Å². The predicted molar refractivity (Wildman–Crippen MR) is 123 cm³/mol. The van der Waals surface area contributed by atoms with Crippen LogP contribution in [0, 0.1) is 0 Å². The number of hydrogen-bond acceptors (Lipinski definition) is 4. The molecule has 1 N–H and O–H groups in total. The first kappa shape index (κ1) is 20.2. The van der Waals surface area contributed by atoms with Crippen LogP contribution in [-0.2, 0) is 11.8 Å². The molecule has 0 bridgehead atoms. The molecule has 0 spiro atoms. The van der Waals surface area contributed by atoms with Crippen molar-refractivity contribution < 1.29 is 4.79 Å². The van der Waals surface area contributed by atoms with E-state index in [-0.39, 0.29) is 23.1 Å². The number of nitrogens with zero attached hydrogens (tertiary/aromatic N) is 2. The van der Waals surface area contributed by atoms with E-state index in [4.69, 9.17) is 0 Å². The van der Waals surface area contributed by atoms with Crippen LogP contribution in [0.15, 0.2) is 76.7 Å². The van der Waals surface area contributed by atoms with Crippen molar-refractivity contribution in [3.8, 4) is 0 Å². The molecule has 1 aromatic heterocycles. The number of thioether (sulfide) groups is 1. The summed E-state index contributed by atoms with van der Waals surface area (Å²) < 4.78 is 1.52. The van der Waals surface area contributed by atoms with Gasteiger partial charge in [0, 0.05) is 13.6 Å². The number of amides is 1. The number of carbonyl (C=O) groups excluding carboxylic acids is 1. The Labute approximate surface area is 179 Å². The van der Waals surface area contributed by atoms with E-state index < -0.39 is 0 Å². The molecule has 152 valence electrons. The lowest BCUT2D eigenvalue weighted by atomic mass is 10.0. The molecule has 0 aliphatic carbocycles. The van der Waals surface area contributed by atoms with Crippen molar-refractivity contribution in [1.82, 2.24) is 14.9 Å². The van der Waals surface area contributed by atoms with Crippen molar-refractivity contribution in [2.75, 3.05) is 12.3 Å². The second kappa shape index (κ2) is 8.71. The van der Waals surface area contributed by atoms with E-state index >= 15 is 0 Å². The Balaban J connectivity index is 1.47. The number of carbonyl (C=O) groups is 1. The van der Waals surface area contributed by atoms with Crippen LogP contribution in [0.2, 0.25) is 0 Å². The molecule has 5 nitrogen and oxygen atoms in total. The summed E-state index contributed by atoms with van der Waals surface area (Å²) in [4.78, 5) is 29.8. The van der Waals surface area contributed by atoms with Crippen LogP contribution in [0.5, 0.6) is 0 Å². The van der Waals surface area contributed by atoms with E-state index in [1.54, 1.807) is 7.05 Å². The fourth-order valence-electron chi connectivity index (χ4n) is 3.41. The predicted octanol–water partition coefficient (Wildman–Crippen LogP) is 4.10. The summed E-state index contributed by atoms with van der Waals surface area (Å²) in [7, 11) is 1.70. The third-order valence-electron chi connectivity index (χ3n) is 5.21. The van der Waals surface area contributed by atoms with E-state index in [0.717, 1.165) is 10.8 Å². The van der Waals surface area contributed by atoms with Crippen molar-refractivity contribution in [2.45, 2.75) is 18.0 Å². The van der Waals surface area contributed by atoms with Crippen molar-refractivity contribution in [2.24, 2.45) is 7.05 Å². The first-order chi connectivity index (χ1) is 14.5. The molecule has 30 heavy (non-hydrogen) atoms. The lowest BCUT2D eigenvalue weighted by molar-refractivity contribution is -0.118. The molecule has 4 rings (SSSR count). The van der Waals surface area contributed by atoms with Gasteiger partial charge in [0.2, 0.25) is 5.91 Å². The lowest BCUT2D eigenvalue weighted by Crippen LogP contribution is -2.29. The van der Waals surface area contributed by atoms with Gasteiger partial charge >= 0.3 is 0 Å². The lowest BCUT2D eigenvalue weighted by Gasteiger charge is -2.13. The topological polar surface area (TPSA) is 64.0 Å². The number of rotatable bonds is 6. The summed E-state index contributed by atoms with van der Waals surface area (Å²) in [5.74, 6) is 0.369. The normalized spacial score (nSPS) is 12.2. The molecule has 0 fully saturated rings. The Kier molecular flexibility index (Phi) is 5.86. The minimum Gasteiger partial charge on any atom is -0.355 e. The van der Waals surface area contributed by atoms with Crippen molar-refractivity contribution >= 4 is 39.3 Å². The molecule has 0 aliphatic heterocycles. The highest BCUT2D eigenvalue weighted by atomic mass is 32.2. The SMILES string of the molecule is C[C@H](CNC(=O)CSc1nc2cc3ccccc3cc2c(=O)n1C)c1ccccc1. The molecular formula is C24H23N3O2S. The molecule has 0 radical (unpaired) electrons. The summed E-state index contributed by atoms with van der Waals surface area (Å²) in [5, 5.41) is 6.14. The first-order valence-corrected chi connectivity index (χ1v) is 10.9. The second-order valence-corrected chi connectivity index (χ2v) is 8.32. The largest absolute Gasteiger partial charge is 0.355 e. The van der Waals surface area contributed by atoms with Crippen LogP contribution in [0.25, 0.3) is 21.7 Å². The highest BCUT2D eigenvalue weighted by Gasteiger charge is 2.13. The van der Waals surface area contributed by atoms with Crippen LogP contribution in [0.3, 0.4) is 0 Å². The van der Waals surface area contributed by atoms with Crippen molar-refractivity contribution in [3.63, 3.8) is 0 Å². The molecule has 1 amide bonds. The average molecular weight is 418 g/mol. The molecule has 0 unspecified atom stereocenters. The van der Waals surface area contributed by atoms with E-state index in [1.807, 2.05) is 54.6 Å². The first-order valence-electron chi connectivity index (χ1n) is 9.87. The fourth-order valence-corrected chi connectivity index (χ4v) is 4.22. The number of nitrogens with one attached hydrogen (secondary N) is 1. The van der Waals surface area contributed by atoms with E-state index in [1.165, 1.54) is 21.9 Å². The van der Waals surface area contributed by atoms with E-state index in [0.29, 0.717) is 22.6 Å². The van der Waals surface area contributed by atoms with Gasteiger partial charge in [-0.05, 0) is 34.4 Å². The quantitative estimate of drug-likeness (QED) is 0.291. The van der Waals surface area contributed by atoms with E-state index in [9.17, 15) is 9.59 Å². The standard InChI is InChI=1S/C24H23N3O2S/c1-16(17-8-4-3-5-9-17)14-25-22(28)15-30-24-26-21-13-19-11-7-6-10-18(19)12-20(21)23(29)27(24)2/h3-13,16H,14-15H2,1-2H3,(H,25,28)/t16-/m1/s1. The van der Waals surface area contributed by atoms with Crippen molar-refractivity contribution in [1.29, 1.82) is 0 Å². The smallest absolute Gasteiger partial charge is 0.261 e. The Hall–Kier alpha value is -3.12. The Morgan fingerprint density at radius 2 is 1.73 bits per heavy atom. The number of benzene rings is 3. The molecule has 3 aromatic carbocycles. The number of hydrogen-bond donors (Lipinski definition) is 1. The molecular weight excluding hydrogens is 394 g/mol. The second-order valence-electron chi connectivity index (χ2n) is 7.38. The molecule has 4 aromatic rings. The van der Waals surface area contributed by atoms with Crippen LogP contribution < -0.4 is 10.9 Å². The maximum atomic E-state index is 12.8. The molecule has 0 saturated heterocycles. The Morgan fingerprint density at radius 1 is 1.07 bits per heavy atom. The van der Waals surface area contributed by atoms with Gasteiger partial charge in [0.15, 0.2) is 5.16 Å². The van der Waals surface area contributed by atoms with Crippen LogP contribution in [0.1, 0.15) is 18.4 Å². The van der Waals surface area contributed by atoms with E-state index in [2.05, 4.69) is 29.4 Å². The number of fused-ring (bicyclic) bond motifs is 2.